The van der Waals surface area contributed by atoms with E-state index in [0.717, 1.165) is 61.3 Å². The van der Waals surface area contributed by atoms with E-state index in [0.29, 0.717) is 29.5 Å². The van der Waals surface area contributed by atoms with Gasteiger partial charge >= 0.3 is 0 Å². The second-order valence-electron chi connectivity index (χ2n) is 8.84. The van der Waals surface area contributed by atoms with Gasteiger partial charge in [-0.25, -0.2) is 4.39 Å². The molecular formula is C26H31FN4O2S. The van der Waals surface area contributed by atoms with Crippen LogP contribution in [0.25, 0.3) is 10.9 Å². The lowest BCUT2D eigenvalue weighted by molar-refractivity contribution is 0.0367. The topological polar surface area (TPSA) is 60.6 Å². The van der Waals surface area contributed by atoms with Crippen molar-refractivity contribution in [2.75, 3.05) is 44.7 Å². The highest BCUT2D eigenvalue weighted by Gasteiger charge is 2.16. The first-order valence-electron chi connectivity index (χ1n) is 11.6. The van der Waals surface area contributed by atoms with Gasteiger partial charge in [-0.2, -0.15) is 0 Å². The molecule has 2 aromatic carbocycles. The number of nitrogens with zero attached hydrogens (tertiary/aromatic N) is 2. The Bertz CT molecular complexity index is 1210. The van der Waals surface area contributed by atoms with Crippen molar-refractivity contribution in [3.8, 4) is 0 Å². The van der Waals surface area contributed by atoms with Crippen molar-refractivity contribution >= 4 is 33.9 Å². The molecule has 0 radical (unpaired) electrons. The summed E-state index contributed by atoms with van der Waals surface area (Å²) in [6.45, 7) is 9.46. The monoisotopic (exact) mass is 482 g/mol. The minimum absolute atomic E-state index is 0.109. The van der Waals surface area contributed by atoms with Crippen molar-refractivity contribution < 1.29 is 9.13 Å². The van der Waals surface area contributed by atoms with Gasteiger partial charge in [0.25, 0.3) is 5.56 Å². The van der Waals surface area contributed by atoms with Crippen LogP contribution in [0.4, 0.5) is 10.1 Å². The molecule has 3 aromatic rings. The molecule has 4 rings (SSSR count). The number of ether oxygens (including phenoxy) is 1. The minimum atomic E-state index is -0.299. The number of pyridine rings is 1. The van der Waals surface area contributed by atoms with Crippen molar-refractivity contribution in [3.05, 3.63) is 75.3 Å². The van der Waals surface area contributed by atoms with Gasteiger partial charge in [-0.1, -0.05) is 11.6 Å². The zero-order valence-electron chi connectivity index (χ0n) is 19.7. The first kappa shape index (κ1) is 24.3. The highest BCUT2D eigenvalue weighted by Crippen LogP contribution is 2.19. The van der Waals surface area contributed by atoms with Crippen molar-refractivity contribution in [2.45, 2.75) is 26.8 Å². The van der Waals surface area contributed by atoms with E-state index in [2.05, 4.69) is 34.3 Å². The number of rotatable bonds is 7. The number of hydrogen-bond donors (Lipinski definition) is 2. The molecule has 0 atom stereocenters. The van der Waals surface area contributed by atoms with E-state index < -0.39 is 0 Å². The Balaban J connectivity index is 1.53. The minimum Gasteiger partial charge on any atom is -0.379 e. The SMILES string of the molecule is Cc1cc(C)c2[nH]c(=O)c(CN(CCCN3CCOCC3)C(=S)Nc3ccc(F)cc3)cc2c1. The summed E-state index contributed by atoms with van der Waals surface area (Å²) in [5.74, 6) is -0.299. The van der Waals surface area contributed by atoms with Crippen LogP contribution in [-0.4, -0.2) is 59.3 Å². The van der Waals surface area contributed by atoms with E-state index >= 15 is 0 Å². The molecule has 1 aliphatic rings. The van der Waals surface area contributed by atoms with Crippen LogP contribution in [0, 0.1) is 19.7 Å². The summed E-state index contributed by atoms with van der Waals surface area (Å²) < 4.78 is 18.8. The Kier molecular flexibility index (Phi) is 7.92. The molecule has 0 aliphatic carbocycles. The largest absolute Gasteiger partial charge is 0.379 e. The quantitative estimate of drug-likeness (QED) is 0.492. The van der Waals surface area contributed by atoms with Gasteiger partial charge in [-0.05, 0) is 79.8 Å². The number of morpholine rings is 1. The first-order valence-corrected chi connectivity index (χ1v) is 12.0. The summed E-state index contributed by atoms with van der Waals surface area (Å²) in [4.78, 5) is 20.4. The molecule has 6 nitrogen and oxygen atoms in total. The zero-order valence-corrected chi connectivity index (χ0v) is 20.5. The predicted octanol–water partition coefficient (Wildman–Crippen LogP) is 4.21. The highest BCUT2D eigenvalue weighted by molar-refractivity contribution is 7.80. The van der Waals surface area contributed by atoms with Gasteiger partial charge < -0.3 is 19.9 Å². The van der Waals surface area contributed by atoms with Crippen LogP contribution >= 0.6 is 12.2 Å². The predicted molar refractivity (Wildman–Crippen MR) is 139 cm³/mol. The van der Waals surface area contributed by atoms with E-state index in [-0.39, 0.29) is 11.4 Å². The van der Waals surface area contributed by atoms with Crippen molar-refractivity contribution in [1.29, 1.82) is 0 Å². The number of thiocarbonyl (C=S) groups is 1. The second-order valence-corrected chi connectivity index (χ2v) is 9.22. The number of aryl methyl sites for hydroxylation is 2. The van der Waals surface area contributed by atoms with Crippen LogP contribution in [-0.2, 0) is 11.3 Å². The normalized spacial score (nSPS) is 14.3. The van der Waals surface area contributed by atoms with E-state index in [9.17, 15) is 9.18 Å². The molecule has 8 heteroatoms. The van der Waals surface area contributed by atoms with Gasteiger partial charge in [0, 0.05) is 37.4 Å². The molecule has 2 N–H and O–H groups in total. The number of benzene rings is 2. The zero-order chi connectivity index (χ0) is 24.1. The Morgan fingerprint density at radius 1 is 1.18 bits per heavy atom. The van der Waals surface area contributed by atoms with Crippen molar-refractivity contribution in [2.24, 2.45) is 0 Å². The summed E-state index contributed by atoms with van der Waals surface area (Å²) in [5.41, 5.74) is 4.33. The van der Waals surface area contributed by atoms with Gasteiger partial charge in [0.1, 0.15) is 5.82 Å². The van der Waals surface area contributed by atoms with Crippen LogP contribution in [0.5, 0.6) is 0 Å². The molecule has 1 fully saturated rings. The number of nitrogens with one attached hydrogen (secondary N) is 2. The van der Waals surface area contributed by atoms with Gasteiger partial charge in [-0.3, -0.25) is 9.69 Å². The smallest absolute Gasteiger partial charge is 0.253 e. The number of hydrogen-bond acceptors (Lipinski definition) is 4. The average molecular weight is 483 g/mol. The maximum Gasteiger partial charge on any atom is 0.253 e. The average Bonchev–Trinajstić information content (AvgIpc) is 2.81. The van der Waals surface area contributed by atoms with E-state index in [1.165, 1.54) is 12.1 Å². The number of fused-ring (bicyclic) bond motifs is 1. The van der Waals surface area contributed by atoms with E-state index in [1.807, 2.05) is 17.9 Å². The lowest BCUT2D eigenvalue weighted by atomic mass is 10.1. The summed E-state index contributed by atoms with van der Waals surface area (Å²) in [6, 6.07) is 12.2. The Labute approximate surface area is 204 Å². The standard InChI is InChI=1S/C26H31FN4O2S/c1-18-14-19(2)24-20(15-18)16-21(25(32)29-24)17-31(9-3-8-30-10-12-33-13-11-30)26(34)28-23-6-4-22(27)5-7-23/h4-7,14-16H,3,8-13,17H2,1-2H3,(H,28,34)(H,29,32). The first-order chi connectivity index (χ1) is 16.4. The van der Waals surface area contributed by atoms with Crippen molar-refractivity contribution in [1.82, 2.24) is 14.8 Å². The number of aromatic nitrogens is 1. The molecule has 34 heavy (non-hydrogen) atoms. The number of halogens is 1. The third-order valence-corrected chi connectivity index (χ3v) is 6.48. The van der Waals surface area contributed by atoms with E-state index in [1.54, 1.807) is 12.1 Å². The molecule has 0 amide bonds. The Morgan fingerprint density at radius 3 is 2.65 bits per heavy atom. The van der Waals surface area contributed by atoms with E-state index in [4.69, 9.17) is 17.0 Å². The van der Waals surface area contributed by atoms with Gasteiger partial charge in [0.2, 0.25) is 0 Å². The van der Waals surface area contributed by atoms with Gasteiger partial charge in [0.15, 0.2) is 5.11 Å². The number of anilines is 1. The van der Waals surface area contributed by atoms with Crippen molar-refractivity contribution in [3.63, 3.8) is 0 Å². The fraction of sp³-hybridized carbons (Fsp3) is 0.385. The molecule has 0 bridgehead atoms. The number of aromatic amines is 1. The lowest BCUT2D eigenvalue weighted by Crippen LogP contribution is -2.40. The summed E-state index contributed by atoms with van der Waals surface area (Å²) >= 11 is 5.72. The Morgan fingerprint density at radius 2 is 1.91 bits per heavy atom. The van der Waals surface area contributed by atoms with Crippen LogP contribution < -0.4 is 10.9 Å². The third-order valence-electron chi connectivity index (χ3n) is 6.12. The summed E-state index contributed by atoms with van der Waals surface area (Å²) in [5, 5.41) is 4.72. The maximum atomic E-state index is 13.3. The highest BCUT2D eigenvalue weighted by atomic mass is 32.1. The maximum absolute atomic E-state index is 13.3. The summed E-state index contributed by atoms with van der Waals surface area (Å²) in [7, 11) is 0. The molecule has 180 valence electrons. The fourth-order valence-corrected chi connectivity index (χ4v) is 4.63. The molecule has 0 unspecified atom stereocenters. The van der Waals surface area contributed by atoms with Crippen LogP contribution in [0.2, 0.25) is 0 Å². The van der Waals surface area contributed by atoms with Gasteiger partial charge in [0.05, 0.1) is 25.3 Å². The second kappa shape index (κ2) is 11.1. The molecule has 2 heterocycles. The molecule has 0 spiro atoms. The molecule has 0 saturated carbocycles. The van der Waals surface area contributed by atoms with Gasteiger partial charge in [-0.15, -0.1) is 0 Å². The molecule has 1 aromatic heterocycles. The molecule has 1 saturated heterocycles. The summed E-state index contributed by atoms with van der Waals surface area (Å²) in [6.07, 6.45) is 0.898. The van der Waals surface area contributed by atoms with Crippen LogP contribution in [0.1, 0.15) is 23.1 Å². The number of H-pyrrole nitrogens is 1. The molecule has 1 aliphatic heterocycles. The molecular weight excluding hydrogens is 451 g/mol. The lowest BCUT2D eigenvalue weighted by Gasteiger charge is -2.29. The fourth-order valence-electron chi connectivity index (χ4n) is 4.35. The third kappa shape index (κ3) is 6.20. The van der Waals surface area contributed by atoms with Crippen LogP contribution in [0.15, 0.2) is 47.3 Å². The van der Waals surface area contributed by atoms with Crippen LogP contribution in [0.3, 0.4) is 0 Å². The Hall–Kier alpha value is -2.81.